The van der Waals surface area contributed by atoms with E-state index in [1.807, 2.05) is 12.1 Å². The molecule has 0 aliphatic heterocycles. The van der Waals surface area contributed by atoms with Crippen LogP contribution in [0.2, 0.25) is 0 Å². The lowest BCUT2D eigenvalue weighted by molar-refractivity contribution is 0.310. The number of methoxy groups -OCH3 is 1. The van der Waals surface area contributed by atoms with E-state index in [4.69, 9.17) is 10.5 Å². The molecule has 112 valence electrons. The summed E-state index contributed by atoms with van der Waals surface area (Å²) in [4.78, 5) is 2.27. The lowest BCUT2D eigenvalue weighted by Gasteiger charge is -2.19. The highest BCUT2D eigenvalue weighted by Crippen LogP contribution is 2.22. The second-order valence-electron chi connectivity index (χ2n) is 5.15. The second kappa shape index (κ2) is 7.59. The Labute approximate surface area is 134 Å². The predicted octanol–water partition coefficient (Wildman–Crippen LogP) is 3.55. The standard InChI is InChI=1S/C17H21BrN2O/c1-20(11-13-3-6-16(18)7-4-13)12-15-9-14(10-19)5-8-17(15)21-2/h3-9H,10-12,19H2,1-2H3. The van der Waals surface area contributed by atoms with Crippen molar-refractivity contribution in [1.29, 1.82) is 0 Å². The van der Waals surface area contributed by atoms with Crippen LogP contribution in [0.25, 0.3) is 0 Å². The molecule has 2 rings (SSSR count). The zero-order valence-corrected chi connectivity index (χ0v) is 14.1. The van der Waals surface area contributed by atoms with Crippen molar-refractivity contribution < 1.29 is 4.74 Å². The molecule has 0 aromatic heterocycles. The molecule has 4 heteroatoms. The molecule has 0 amide bonds. The Morgan fingerprint density at radius 2 is 1.71 bits per heavy atom. The van der Waals surface area contributed by atoms with Crippen LogP contribution in [0.15, 0.2) is 46.9 Å². The Hall–Kier alpha value is -1.36. The lowest BCUT2D eigenvalue weighted by atomic mass is 10.1. The fraction of sp³-hybridized carbons (Fsp3) is 0.294. The lowest BCUT2D eigenvalue weighted by Crippen LogP contribution is -2.18. The van der Waals surface area contributed by atoms with Crippen LogP contribution in [0.5, 0.6) is 5.75 Å². The van der Waals surface area contributed by atoms with Crippen molar-refractivity contribution in [2.24, 2.45) is 5.73 Å². The van der Waals surface area contributed by atoms with Gasteiger partial charge in [-0.15, -0.1) is 0 Å². The van der Waals surface area contributed by atoms with Gasteiger partial charge in [0.05, 0.1) is 7.11 Å². The van der Waals surface area contributed by atoms with Crippen molar-refractivity contribution in [1.82, 2.24) is 4.90 Å². The Morgan fingerprint density at radius 1 is 1.05 bits per heavy atom. The van der Waals surface area contributed by atoms with Gasteiger partial charge in [0, 0.05) is 29.7 Å². The van der Waals surface area contributed by atoms with Gasteiger partial charge in [0.25, 0.3) is 0 Å². The van der Waals surface area contributed by atoms with Crippen molar-refractivity contribution in [3.05, 3.63) is 63.6 Å². The van der Waals surface area contributed by atoms with Crippen LogP contribution in [-0.2, 0) is 19.6 Å². The van der Waals surface area contributed by atoms with Crippen molar-refractivity contribution in [3.63, 3.8) is 0 Å². The van der Waals surface area contributed by atoms with E-state index in [1.165, 1.54) is 11.1 Å². The van der Waals surface area contributed by atoms with E-state index in [2.05, 4.69) is 58.2 Å². The molecule has 21 heavy (non-hydrogen) atoms. The number of ether oxygens (including phenoxy) is 1. The third-order valence-electron chi connectivity index (χ3n) is 3.39. The monoisotopic (exact) mass is 348 g/mol. The zero-order valence-electron chi connectivity index (χ0n) is 12.5. The van der Waals surface area contributed by atoms with Crippen LogP contribution in [-0.4, -0.2) is 19.1 Å². The molecule has 0 aliphatic rings. The number of nitrogens with zero attached hydrogens (tertiary/aromatic N) is 1. The zero-order chi connectivity index (χ0) is 15.2. The Morgan fingerprint density at radius 3 is 2.33 bits per heavy atom. The molecule has 0 aliphatic carbocycles. The number of halogens is 1. The van der Waals surface area contributed by atoms with Crippen molar-refractivity contribution in [2.45, 2.75) is 19.6 Å². The minimum absolute atomic E-state index is 0.549. The maximum atomic E-state index is 5.72. The highest BCUT2D eigenvalue weighted by molar-refractivity contribution is 9.10. The quantitative estimate of drug-likeness (QED) is 0.867. The molecule has 2 N–H and O–H groups in total. The van der Waals surface area contributed by atoms with Crippen LogP contribution in [0, 0.1) is 0 Å². The Bertz CT molecular complexity index is 584. The SMILES string of the molecule is COc1ccc(CN)cc1CN(C)Cc1ccc(Br)cc1. The minimum atomic E-state index is 0.549. The molecule has 0 heterocycles. The third kappa shape index (κ3) is 4.56. The molecule has 0 spiro atoms. The molecule has 2 aromatic rings. The van der Waals surface area contributed by atoms with E-state index < -0.39 is 0 Å². The second-order valence-corrected chi connectivity index (χ2v) is 6.06. The van der Waals surface area contributed by atoms with Gasteiger partial charge in [-0.1, -0.05) is 34.1 Å². The van der Waals surface area contributed by atoms with Gasteiger partial charge in [0.2, 0.25) is 0 Å². The molecule has 3 nitrogen and oxygen atoms in total. The smallest absolute Gasteiger partial charge is 0.123 e. The molecular weight excluding hydrogens is 328 g/mol. The summed E-state index contributed by atoms with van der Waals surface area (Å²) in [5, 5.41) is 0. The van der Waals surface area contributed by atoms with E-state index in [0.29, 0.717) is 6.54 Å². The molecule has 0 unspecified atom stereocenters. The highest BCUT2D eigenvalue weighted by Gasteiger charge is 2.08. The van der Waals surface area contributed by atoms with Gasteiger partial charge < -0.3 is 10.5 Å². The maximum Gasteiger partial charge on any atom is 0.123 e. The molecule has 0 bridgehead atoms. The van der Waals surface area contributed by atoms with E-state index >= 15 is 0 Å². The average molecular weight is 349 g/mol. The van der Waals surface area contributed by atoms with Crippen LogP contribution >= 0.6 is 15.9 Å². The summed E-state index contributed by atoms with van der Waals surface area (Å²) in [7, 11) is 3.81. The summed E-state index contributed by atoms with van der Waals surface area (Å²) in [5.74, 6) is 0.912. The minimum Gasteiger partial charge on any atom is -0.496 e. The van der Waals surface area contributed by atoms with Gasteiger partial charge in [0.15, 0.2) is 0 Å². The van der Waals surface area contributed by atoms with Crippen molar-refractivity contribution in [2.75, 3.05) is 14.2 Å². The van der Waals surface area contributed by atoms with Crippen molar-refractivity contribution in [3.8, 4) is 5.75 Å². The highest BCUT2D eigenvalue weighted by atomic mass is 79.9. The van der Waals surface area contributed by atoms with Crippen LogP contribution in [0.4, 0.5) is 0 Å². The van der Waals surface area contributed by atoms with Gasteiger partial charge >= 0.3 is 0 Å². The fourth-order valence-corrected chi connectivity index (χ4v) is 2.59. The van der Waals surface area contributed by atoms with Gasteiger partial charge in [-0.3, -0.25) is 4.90 Å². The van der Waals surface area contributed by atoms with Crippen LogP contribution < -0.4 is 10.5 Å². The maximum absolute atomic E-state index is 5.72. The first-order valence-electron chi connectivity index (χ1n) is 6.91. The summed E-state index contributed by atoms with van der Waals surface area (Å²) in [6.07, 6.45) is 0. The first kappa shape index (κ1) is 16.0. The van der Waals surface area contributed by atoms with E-state index in [-0.39, 0.29) is 0 Å². The Kier molecular flexibility index (Phi) is 5.79. The summed E-state index contributed by atoms with van der Waals surface area (Å²) in [5.41, 5.74) is 9.30. The van der Waals surface area contributed by atoms with Crippen LogP contribution in [0.3, 0.4) is 0 Å². The first-order chi connectivity index (χ1) is 10.1. The normalized spacial score (nSPS) is 10.9. The molecule has 0 saturated carbocycles. The number of hydrogen-bond donors (Lipinski definition) is 1. The van der Waals surface area contributed by atoms with Gasteiger partial charge in [-0.25, -0.2) is 0 Å². The van der Waals surface area contributed by atoms with E-state index in [1.54, 1.807) is 7.11 Å². The third-order valence-corrected chi connectivity index (χ3v) is 3.92. The molecule has 0 saturated heterocycles. The first-order valence-corrected chi connectivity index (χ1v) is 7.70. The fourth-order valence-electron chi connectivity index (χ4n) is 2.33. The Balaban J connectivity index is 2.07. The van der Waals surface area contributed by atoms with Crippen LogP contribution in [0.1, 0.15) is 16.7 Å². The molecule has 0 fully saturated rings. The molecule has 0 radical (unpaired) electrons. The number of hydrogen-bond acceptors (Lipinski definition) is 3. The number of benzene rings is 2. The van der Waals surface area contributed by atoms with E-state index in [0.717, 1.165) is 28.9 Å². The number of rotatable bonds is 6. The van der Waals surface area contributed by atoms with Gasteiger partial charge in [-0.2, -0.15) is 0 Å². The van der Waals surface area contributed by atoms with Gasteiger partial charge in [0.1, 0.15) is 5.75 Å². The molecule has 2 aromatic carbocycles. The summed E-state index contributed by atoms with van der Waals surface area (Å²) in [6.45, 7) is 2.27. The number of nitrogens with two attached hydrogens (primary N) is 1. The summed E-state index contributed by atoms with van der Waals surface area (Å²) < 4.78 is 6.54. The molecule has 0 atom stereocenters. The van der Waals surface area contributed by atoms with E-state index in [9.17, 15) is 0 Å². The summed E-state index contributed by atoms with van der Waals surface area (Å²) in [6, 6.07) is 14.5. The van der Waals surface area contributed by atoms with Crippen molar-refractivity contribution >= 4 is 15.9 Å². The predicted molar refractivity (Wildman–Crippen MR) is 90.2 cm³/mol. The average Bonchev–Trinajstić information content (AvgIpc) is 2.49. The summed E-state index contributed by atoms with van der Waals surface area (Å²) >= 11 is 3.46. The molecular formula is C17H21BrN2O. The van der Waals surface area contributed by atoms with Gasteiger partial charge in [-0.05, 0) is 42.4 Å². The largest absolute Gasteiger partial charge is 0.496 e. The topological polar surface area (TPSA) is 38.5 Å².